The van der Waals surface area contributed by atoms with Crippen LogP contribution in [0.15, 0.2) is 47.4 Å². The lowest BCUT2D eigenvalue weighted by Gasteiger charge is -2.10. The Balaban J connectivity index is 2.01. The number of anilines is 1. The van der Waals surface area contributed by atoms with Gasteiger partial charge in [0.2, 0.25) is 0 Å². The monoisotopic (exact) mass is 390 g/mol. The van der Waals surface area contributed by atoms with Crippen molar-refractivity contribution < 1.29 is 24.0 Å². The molecule has 0 spiro atoms. The molecule has 0 bridgehead atoms. The normalized spacial score (nSPS) is 10.1. The number of nitro benzene ring substituents is 1. The Hall–Kier alpha value is -3.07. The molecule has 0 saturated heterocycles. The first kappa shape index (κ1) is 20.2. The number of thioether (sulfide) groups is 1. The van der Waals surface area contributed by atoms with Gasteiger partial charge in [0.1, 0.15) is 0 Å². The Morgan fingerprint density at radius 3 is 2.63 bits per heavy atom. The number of hydrogen-bond donors (Lipinski definition) is 1. The third kappa shape index (κ3) is 5.45. The highest BCUT2D eigenvalue weighted by atomic mass is 32.2. The summed E-state index contributed by atoms with van der Waals surface area (Å²) in [6.45, 7) is 1.44. The third-order valence-corrected chi connectivity index (χ3v) is 4.20. The van der Waals surface area contributed by atoms with Crippen LogP contribution < -0.4 is 10.1 Å². The van der Waals surface area contributed by atoms with Gasteiger partial charge in [0.25, 0.3) is 5.91 Å². The molecule has 1 N–H and O–H groups in total. The van der Waals surface area contributed by atoms with Crippen LogP contribution in [0.4, 0.5) is 11.4 Å². The van der Waals surface area contributed by atoms with Crippen molar-refractivity contribution in [3.05, 3.63) is 58.1 Å². The average Bonchev–Trinajstić information content (AvgIpc) is 2.67. The van der Waals surface area contributed by atoms with Gasteiger partial charge in [-0.2, -0.15) is 0 Å². The minimum atomic E-state index is -0.838. The molecular formula is C18H18N2O6S. The lowest BCUT2D eigenvalue weighted by atomic mass is 10.2. The molecule has 0 saturated carbocycles. The summed E-state index contributed by atoms with van der Waals surface area (Å²) in [5, 5.41) is 13.8. The fourth-order valence-electron chi connectivity index (χ4n) is 2.21. The van der Waals surface area contributed by atoms with Gasteiger partial charge in [-0.3, -0.25) is 14.9 Å². The molecule has 0 aliphatic carbocycles. The third-order valence-electron chi connectivity index (χ3n) is 3.41. The maximum Gasteiger partial charge on any atom is 0.338 e. The molecule has 2 rings (SSSR count). The minimum absolute atomic E-state index is 0.0394. The van der Waals surface area contributed by atoms with Crippen molar-refractivity contribution in [2.24, 2.45) is 0 Å². The van der Waals surface area contributed by atoms with Crippen molar-refractivity contribution in [3.8, 4) is 5.75 Å². The van der Waals surface area contributed by atoms with E-state index >= 15 is 0 Å². The Bertz CT molecular complexity index is 855. The highest BCUT2D eigenvalue weighted by molar-refractivity contribution is 7.98. The predicted octanol–water partition coefficient (Wildman–Crippen LogP) is 3.51. The number of benzene rings is 2. The zero-order valence-electron chi connectivity index (χ0n) is 14.8. The van der Waals surface area contributed by atoms with Gasteiger partial charge in [-0.25, -0.2) is 4.79 Å². The van der Waals surface area contributed by atoms with E-state index in [1.165, 1.54) is 23.9 Å². The highest BCUT2D eigenvalue weighted by Gasteiger charge is 2.20. The van der Waals surface area contributed by atoms with E-state index in [9.17, 15) is 19.7 Å². The Morgan fingerprint density at radius 1 is 1.22 bits per heavy atom. The van der Waals surface area contributed by atoms with Crippen LogP contribution in [-0.4, -0.2) is 36.3 Å². The maximum atomic E-state index is 12.1. The number of nitrogens with zero attached hydrogens (tertiary/aromatic N) is 1. The molecule has 0 aromatic heterocycles. The van der Waals surface area contributed by atoms with Gasteiger partial charge < -0.3 is 14.8 Å². The lowest BCUT2D eigenvalue weighted by molar-refractivity contribution is -0.385. The predicted molar refractivity (Wildman–Crippen MR) is 101 cm³/mol. The molecule has 0 fully saturated rings. The van der Waals surface area contributed by atoms with E-state index in [4.69, 9.17) is 9.47 Å². The average molecular weight is 390 g/mol. The van der Waals surface area contributed by atoms with Crippen LogP contribution in [0, 0.1) is 10.1 Å². The fraction of sp³-hybridized carbons (Fsp3) is 0.222. The molecule has 0 aliphatic rings. The molecule has 0 heterocycles. The van der Waals surface area contributed by atoms with E-state index in [0.717, 1.165) is 11.0 Å². The molecule has 2 aromatic rings. The molecule has 27 heavy (non-hydrogen) atoms. The number of rotatable bonds is 8. The van der Waals surface area contributed by atoms with Gasteiger partial charge >= 0.3 is 11.7 Å². The van der Waals surface area contributed by atoms with Crippen LogP contribution >= 0.6 is 11.8 Å². The van der Waals surface area contributed by atoms with Crippen LogP contribution in [0.5, 0.6) is 5.75 Å². The highest BCUT2D eigenvalue weighted by Crippen LogP contribution is 2.28. The van der Waals surface area contributed by atoms with Gasteiger partial charge in [0.15, 0.2) is 12.4 Å². The molecule has 2 aromatic carbocycles. The Kier molecular flexibility index (Phi) is 7.18. The van der Waals surface area contributed by atoms with Crippen molar-refractivity contribution in [2.75, 3.05) is 24.8 Å². The van der Waals surface area contributed by atoms with Crippen molar-refractivity contribution in [3.63, 3.8) is 0 Å². The molecule has 8 nitrogen and oxygen atoms in total. The van der Waals surface area contributed by atoms with E-state index in [1.54, 1.807) is 19.1 Å². The second-order valence-electron chi connectivity index (χ2n) is 5.20. The summed E-state index contributed by atoms with van der Waals surface area (Å²) in [7, 11) is 0. The number of hydrogen-bond acceptors (Lipinski definition) is 7. The van der Waals surface area contributed by atoms with Crippen LogP contribution in [0.3, 0.4) is 0 Å². The summed E-state index contributed by atoms with van der Waals surface area (Å²) in [6.07, 6.45) is 1.88. The van der Waals surface area contributed by atoms with Crippen LogP contribution in [0.2, 0.25) is 0 Å². The molecule has 9 heteroatoms. The summed E-state index contributed by atoms with van der Waals surface area (Å²) in [6, 6.07) is 11.0. The second-order valence-corrected chi connectivity index (χ2v) is 6.05. The molecule has 142 valence electrons. The first-order valence-electron chi connectivity index (χ1n) is 7.97. The number of nitrogens with one attached hydrogen (secondary N) is 1. The first-order valence-corrected chi connectivity index (χ1v) is 9.20. The topological polar surface area (TPSA) is 108 Å². The van der Waals surface area contributed by atoms with Crippen molar-refractivity contribution in [1.82, 2.24) is 0 Å². The summed E-state index contributed by atoms with van der Waals surface area (Å²) < 4.78 is 10.1. The van der Waals surface area contributed by atoms with Crippen LogP contribution in [0.25, 0.3) is 0 Å². The van der Waals surface area contributed by atoms with E-state index in [0.29, 0.717) is 5.69 Å². The lowest BCUT2D eigenvalue weighted by Crippen LogP contribution is -2.21. The maximum absolute atomic E-state index is 12.1. The van der Waals surface area contributed by atoms with E-state index < -0.39 is 23.4 Å². The molecular weight excluding hydrogens is 372 g/mol. The minimum Gasteiger partial charge on any atom is -0.487 e. The van der Waals surface area contributed by atoms with Gasteiger partial charge in [-0.1, -0.05) is 12.1 Å². The summed E-state index contributed by atoms with van der Waals surface area (Å²) >= 11 is 1.47. The van der Waals surface area contributed by atoms with Crippen LogP contribution in [-0.2, 0) is 9.53 Å². The standard InChI is InChI=1S/C18H18N2O6S/c1-3-25-15-9-8-12(10-14(15)20(23)24)18(22)26-11-17(21)19-13-6-4-5-7-16(13)27-2/h4-10H,3,11H2,1-2H3,(H,19,21). The van der Waals surface area contributed by atoms with E-state index in [1.807, 2.05) is 18.4 Å². The molecule has 0 atom stereocenters. The zero-order valence-corrected chi connectivity index (χ0v) is 15.6. The van der Waals surface area contributed by atoms with E-state index in [-0.39, 0.29) is 23.6 Å². The molecule has 0 aliphatic heterocycles. The molecule has 0 radical (unpaired) electrons. The van der Waals surface area contributed by atoms with Crippen molar-refractivity contribution in [1.29, 1.82) is 0 Å². The first-order chi connectivity index (χ1) is 13.0. The number of esters is 1. The van der Waals surface area contributed by atoms with Gasteiger partial charge in [-0.15, -0.1) is 11.8 Å². The Morgan fingerprint density at radius 2 is 1.96 bits per heavy atom. The smallest absolute Gasteiger partial charge is 0.338 e. The Labute approximate surface area is 160 Å². The number of nitro groups is 1. The fourth-order valence-corrected chi connectivity index (χ4v) is 2.77. The summed E-state index contributed by atoms with van der Waals surface area (Å²) in [4.78, 5) is 35.4. The quantitative estimate of drug-likeness (QED) is 0.318. The number of ether oxygens (including phenoxy) is 2. The second kappa shape index (κ2) is 9.58. The number of carbonyl (C=O) groups is 2. The SMILES string of the molecule is CCOc1ccc(C(=O)OCC(=O)Nc2ccccc2SC)cc1[N+](=O)[O-]. The number of carbonyl (C=O) groups excluding carboxylic acids is 2. The van der Waals surface area contributed by atoms with Gasteiger partial charge in [-0.05, 0) is 37.4 Å². The number of para-hydroxylation sites is 1. The summed E-state index contributed by atoms with van der Waals surface area (Å²) in [5.41, 5.74) is 0.231. The van der Waals surface area contributed by atoms with Gasteiger partial charge in [0, 0.05) is 11.0 Å². The van der Waals surface area contributed by atoms with Crippen molar-refractivity contribution >= 4 is 35.0 Å². The summed E-state index contributed by atoms with van der Waals surface area (Å²) in [5.74, 6) is -1.29. The molecule has 0 unspecified atom stereocenters. The largest absolute Gasteiger partial charge is 0.487 e. The van der Waals surface area contributed by atoms with Gasteiger partial charge in [0.05, 0.1) is 22.8 Å². The zero-order chi connectivity index (χ0) is 19.8. The number of amides is 1. The van der Waals surface area contributed by atoms with Crippen LogP contribution in [0.1, 0.15) is 17.3 Å². The van der Waals surface area contributed by atoms with E-state index in [2.05, 4.69) is 5.32 Å². The molecule has 1 amide bonds. The van der Waals surface area contributed by atoms with Crippen molar-refractivity contribution in [2.45, 2.75) is 11.8 Å².